The van der Waals surface area contributed by atoms with Crippen LogP contribution in [0.2, 0.25) is 0 Å². The number of hydrogen-bond donors (Lipinski definition) is 0. The van der Waals surface area contributed by atoms with E-state index in [-0.39, 0.29) is 42.0 Å². The molecule has 4 atom stereocenters. The van der Waals surface area contributed by atoms with Gasteiger partial charge in [0, 0.05) is 0 Å². The first kappa shape index (κ1) is 13.3. The summed E-state index contributed by atoms with van der Waals surface area (Å²) in [6, 6.07) is 9.29. The molecule has 1 aromatic rings. The third kappa shape index (κ3) is 1.75. The predicted octanol–water partition coefficient (Wildman–Crippen LogP) is 2.26. The average Bonchev–Trinajstić information content (AvgIpc) is 2.83. The summed E-state index contributed by atoms with van der Waals surface area (Å²) in [6.45, 7) is 0.216. The minimum atomic E-state index is -0.175. The van der Waals surface area contributed by atoms with Gasteiger partial charge in [-0.25, -0.2) is 0 Å². The second-order valence-electron chi connectivity index (χ2n) is 6.37. The lowest BCUT2D eigenvalue weighted by molar-refractivity contribution is -0.140. The molecule has 4 aliphatic rings. The van der Waals surface area contributed by atoms with E-state index in [9.17, 15) is 14.9 Å². The number of imide groups is 1. The van der Waals surface area contributed by atoms with E-state index >= 15 is 0 Å². The third-order valence-electron chi connectivity index (χ3n) is 5.32. The molecule has 4 heteroatoms. The van der Waals surface area contributed by atoms with Crippen LogP contribution in [-0.4, -0.2) is 16.7 Å². The summed E-state index contributed by atoms with van der Waals surface area (Å²) in [4.78, 5) is 26.8. The smallest absolute Gasteiger partial charge is 0.234 e. The zero-order chi connectivity index (χ0) is 15.3. The number of rotatable bonds is 2. The maximum Gasteiger partial charge on any atom is 0.234 e. The molecular formula is C18H16N2O2. The van der Waals surface area contributed by atoms with Crippen LogP contribution < -0.4 is 0 Å². The Balaban J connectivity index is 1.66. The van der Waals surface area contributed by atoms with E-state index in [1.54, 1.807) is 12.1 Å². The highest BCUT2D eigenvalue weighted by Gasteiger charge is 2.56. The quantitative estimate of drug-likeness (QED) is 0.620. The van der Waals surface area contributed by atoms with Gasteiger partial charge in [0.2, 0.25) is 11.8 Å². The molecule has 1 aliphatic heterocycles. The fourth-order valence-corrected chi connectivity index (χ4v) is 4.23. The van der Waals surface area contributed by atoms with Crippen LogP contribution in [0.5, 0.6) is 0 Å². The average molecular weight is 292 g/mol. The van der Waals surface area contributed by atoms with Crippen LogP contribution in [0.15, 0.2) is 36.4 Å². The van der Waals surface area contributed by atoms with Crippen molar-refractivity contribution in [3.8, 4) is 6.07 Å². The monoisotopic (exact) mass is 292 g/mol. The van der Waals surface area contributed by atoms with Gasteiger partial charge >= 0.3 is 0 Å². The Labute approximate surface area is 129 Å². The summed E-state index contributed by atoms with van der Waals surface area (Å²) in [6.07, 6.45) is 6.24. The molecule has 0 unspecified atom stereocenters. The molecule has 2 amide bonds. The molecule has 110 valence electrons. The van der Waals surface area contributed by atoms with Crippen molar-refractivity contribution in [3.63, 3.8) is 0 Å². The molecule has 1 saturated heterocycles. The second kappa shape index (κ2) is 4.81. The van der Waals surface area contributed by atoms with E-state index in [0.717, 1.165) is 18.4 Å². The van der Waals surface area contributed by atoms with Crippen molar-refractivity contribution >= 4 is 11.8 Å². The highest BCUT2D eigenvalue weighted by Crippen LogP contribution is 2.49. The molecule has 2 fully saturated rings. The molecule has 3 aliphatic carbocycles. The van der Waals surface area contributed by atoms with Gasteiger partial charge in [-0.1, -0.05) is 30.4 Å². The number of benzene rings is 1. The Hall–Kier alpha value is -2.41. The van der Waals surface area contributed by atoms with Crippen molar-refractivity contribution in [1.82, 2.24) is 4.90 Å². The van der Waals surface area contributed by atoms with Crippen LogP contribution in [0.3, 0.4) is 0 Å². The van der Waals surface area contributed by atoms with Crippen LogP contribution >= 0.6 is 0 Å². The van der Waals surface area contributed by atoms with E-state index < -0.39 is 0 Å². The number of likely N-dealkylation sites (tertiary alicyclic amines) is 1. The summed E-state index contributed by atoms with van der Waals surface area (Å²) in [7, 11) is 0. The highest BCUT2D eigenvalue weighted by molar-refractivity contribution is 6.06. The Bertz CT molecular complexity index is 699. The third-order valence-corrected chi connectivity index (χ3v) is 5.32. The van der Waals surface area contributed by atoms with Crippen LogP contribution in [0, 0.1) is 35.0 Å². The SMILES string of the molecule is N#Cc1ccccc1CN1C(=O)[C@@H]2[C@@H](C1=O)[C@H]1C=C[C@H]2CC1. The molecule has 0 N–H and O–H groups in total. The summed E-state index contributed by atoms with van der Waals surface area (Å²) in [5.41, 5.74) is 1.27. The van der Waals surface area contributed by atoms with Crippen molar-refractivity contribution < 1.29 is 9.59 Å². The van der Waals surface area contributed by atoms with Gasteiger partial charge in [-0.15, -0.1) is 0 Å². The number of hydrogen-bond acceptors (Lipinski definition) is 3. The molecule has 1 heterocycles. The van der Waals surface area contributed by atoms with Gasteiger partial charge in [0.05, 0.1) is 30.0 Å². The first-order valence-electron chi connectivity index (χ1n) is 7.72. The molecule has 0 spiro atoms. The van der Waals surface area contributed by atoms with Gasteiger partial charge < -0.3 is 0 Å². The minimum Gasteiger partial charge on any atom is -0.278 e. The van der Waals surface area contributed by atoms with E-state index in [1.165, 1.54) is 4.90 Å². The van der Waals surface area contributed by atoms with Gasteiger partial charge in [0.15, 0.2) is 0 Å². The lowest BCUT2D eigenvalue weighted by Crippen LogP contribution is -2.38. The molecule has 1 aromatic carbocycles. The van der Waals surface area contributed by atoms with Crippen LogP contribution in [-0.2, 0) is 16.1 Å². The fraction of sp³-hybridized carbons (Fsp3) is 0.389. The number of fused-ring (bicyclic) bond motifs is 1. The molecule has 4 nitrogen and oxygen atoms in total. The maximum absolute atomic E-state index is 12.7. The normalized spacial score (nSPS) is 32.2. The Morgan fingerprint density at radius 1 is 1.05 bits per heavy atom. The number of carbonyl (C=O) groups excluding carboxylic acids is 2. The zero-order valence-electron chi connectivity index (χ0n) is 12.1. The highest BCUT2D eigenvalue weighted by atomic mass is 16.2. The second-order valence-corrected chi connectivity index (χ2v) is 6.37. The molecule has 2 bridgehead atoms. The first-order chi connectivity index (χ1) is 10.7. The van der Waals surface area contributed by atoms with E-state index in [2.05, 4.69) is 18.2 Å². The number of nitrogens with zero attached hydrogens (tertiary/aromatic N) is 2. The number of amides is 2. The van der Waals surface area contributed by atoms with Crippen LogP contribution in [0.25, 0.3) is 0 Å². The van der Waals surface area contributed by atoms with Gasteiger partial charge in [-0.3, -0.25) is 14.5 Å². The topological polar surface area (TPSA) is 61.2 Å². The zero-order valence-corrected chi connectivity index (χ0v) is 12.1. The van der Waals surface area contributed by atoms with Crippen molar-refractivity contribution in [1.29, 1.82) is 5.26 Å². The molecule has 0 radical (unpaired) electrons. The molecular weight excluding hydrogens is 276 g/mol. The number of carbonyl (C=O) groups is 2. The largest absolute Gasteiger partial charge is 0.278 e. The first-order valence-corrected chi connectivity index (χ1v) is 7.72. The summed E-state index contributed by atoms with van der Waals surface area (Å²) < 4.78 is 0. The molecule has 5 rings (SSSR count). The van der Waals surface area contributed by atoms with E-state index in [4.69, 9.17) is 0 Å². The van der Waals surface area contributed by atoms with E-state index in [0.29, 0.717) is 5.56 Å². The Morgan fingerprint density at radius 2 is 1.64 bits per heavy atom. The summed E-state index contributed by atoms with van der Waals surface area (Å²) in [5, 5.41) is 9.18. The fourth-order valence-electron chi connectivity index (χ4n) is 4.23. The van der Waals surface area contributed by atoms with Gasteiger partial charge in [-0.2, -0.15) is 5.26 Å². The molecule has 1 saturated carbocycles. The minimum absolute atomic E-state index is 0.0539. The summed E-state index contributed by atoms with van der Waals surface area (Å²) >= 11 is 0. The number of nitriles is 1. The predicted molar refractivity (Wildman–Crippen MR) is 79.0 cm³/mol. The van der Waals surface area contributed by atoms with E-state index in [1.807, 2.05) is 12.1 Å². The van der Waals surface area contributed by atoms with Crippen LogP contribution in [0.1, 0.15) is 24.0 Å². The van der Waals surface area contributed by atoms with Crippen molar-refractivity contribution in [3.05, 3.63) is 47.5 Å². The van der Waals surface area contributed by atoms with Gasteiger partial charge in [0.25, 0.3) is 0 Å². The Morgan fingerprint density at radius 3 is 2.18 bits per heavy atom. The van der Waals surface area contributed by atoms with Crippen molar-refractivity contribution in [2.75, 3.05) is 0 Å². The van der Waals surface area contributed by atoms with Crippen molar-refractivity contribution in [2.24, 2.45) is 23.7 Å². The lowest BCUT2D eigenvalue weighted by Gasteiger charge is -2.38. The standard InChI is InChI=1S/C18H16N2O2/c19-9-13-3-1-2-4-14(13)10-20-17(21)15-11-5-6-12(8-7-11)16(15)18(20)22/h1-6,11-12,15-16H,7-8,10H2/t11-,12-,15-,16-/m0/s1. The van der Waals surface area contributed by atoms with Crippen molar-refractivity contribution in [2.45, 2.75) is 19.4 Å². The molecule has 0 aromatic heterocycles. The van der Waals surface area contributed by atoms with Gasteiger partial charge in [-0.05, 0) is 36.3 Å². The van der Waals surface area contributed by atoms with Gasteiger partial charge in [0.1, 0.15) is 0 Å². The lowest BCUT2D eigenvalue weighted by atomic mass is 9.63. The maximum atomic E-state index is 12.7. The Kier molecular flexibility index (Phi) is 2.90. The summed E-state index contributed by atoms with van der Waals surface area (Å²) in [5.74, 6) is -0.0371. The molecule has 22 heavy (non-hydrogen) atoms. The van der Waals surface area contributed by atoms with Crippen LogP contribution in [0.4, 0.5) is 0 Å². The number of allylic oxidation sites excluding steroid dienone is 2.